The third kappa shape index (κ3) is 4.82. The van der Waals surface area contributed by atoms with Gasteiger partial charge in [0.25, 0.3) is 0 Å². The summed E-state index contributed by atoms with van der Waals surface area (Å²) in [5.41, 5.74) is -0.305. The van der Waals surface area contributed by atoms with Crippen LogP contribution in [-0.2, 0) is 12.8 Å². The molecule has 3 aromatic carbocycles. The van der Waals surface area contributed by atoms with Gasteiger partial charge in [0.1, 0.15) is 34.3 Å². The van der Waals surface area contributed by atoms with E-state index in [1.165, 1.54) is 37.3 Å². The fraction of sp³-hybridized carbons (Fsp3) is 0.226. The van der Waals surface area contributed by atoms with Gasteiger partial charge < -0.3 is 35.7 Å². The number of fused-ring (bicyclic) bond motifs is 1. The lowest BCUT2D eigenvalue weighted by atomic mass is 9.75. The zero-order valence-corrected chi connectivity index (χ0v) is 22.4. The molecule has 0 bridgehead atoms. The predicted molar refractivity (Wildman–Crippen MR) is 148 cm³/mol. The van der Waals surface area contributed by atoms with Gasteiger partial charge in [-0.2, -0.15) is 0 Å². The largest absolute Gasteiger partial charge is 0.507 e. The molecule has 0 aliphatic heterocycles. The summed E-state index contributed by atoms with van der Waals surface area (Å²) in [6.07, 6.45) is 5.89. The highest BCUT2D eigenvalue weighted by atomic mass is 16.3. The molecule has 0 aromatic heterocycles. The third-order valence-electron chi connectivity index (χ3n) is 7.16. The Morgan fingerprint density at radius 1 is 0.850 bits per heavy atom. The van der Waals surface area contributed by atoms with Gasteiger partial charge in [-0.15, -0.1) is 0 Å². The number of hydrogen-bond donors (Lipinski definition) is 7. The van der Waals surface area contributed by atoms with E-state index in [4.69, 9.17) is 0 Å². The van der Waals surface area contributed by atoms with Gasteiger partial charge in [-0.05, 0) is 55.0 Å². The van der Waals surface area contributed by atoms with E-state index >= 15 is 0 Å². The smallest absolute Gasteiger partial charge is 0.189 e. The molecule has 1 aliphatic carbocycles. The molecule has 0 radical (unpaired) electrons. The van der Waals surface area contributed by atoms with Crippen LogP contribution in [0.1, 0.15) is 74.9 Å². The molecule has 9 nitrogen and oxygen atoms in total. The van der Waals surface area contributed by atoms with Gasteiger partial charge in [0.05, 0.1) is 5.56 Å². The molecule has 1 aliphatic rings. The summed E-state index contributed by atoms with van der Waals surface area (Å²) in [7, 11) is 0. The molecule has 0 fully saturated rings. The molecule has 9 heteroatoms. The van der Waals surface area contributed by atoms with Crippen molar-refractivity contribution >= 4 is 23.7 Å². The lowest BCUT2D eigenvalue weighted by Crippen LogP contribution is -2.19. The van der Waals surface area contributed by atoms with Crippen molar-refractivity contribution in [1.82, 2.24) is 0 Å². The standard InChI is InChI=1S/C31H30O9/c1-14-26(36)18(29(39)24(15(2)32)27(14)37)12-19-28(38)17-9-10-31(3,4)13-20(17)25(30(19)40)22(34)8-6-16-5-7-21(33)23(35)11-16/h5-11,33,35-40H,12-13H2,1-4H3. The molecule has 4 rings (SSSR count). The second-order valence-corrected chi connectivity index (χ2v) is 10.6. The van der Waals surface area contributed by atoms with E-state index in [1.54, 1.807) is 6.08 Å². The van der Waals surface area contributed by atoms with Gasteiger partial charge >= 0.3 is 0 Å². The summed E-state index contributed by atoms with van der Waals surface area (Å²) >= 11 is 0. The highest BCUT2D eigenvalue weighted by Crippen LogP contribution is 2.48. The predicted octanol–water partition coefficient (Wildman–Crippen LogP) is 5.22. The molecule has 7 N–H and O–H groups in total. The number of ketones is 2. The Balaban J connectivity index is 1.92. The van der Waals surface area contributed by atoms with Gasteiger partial charge in [0, 0.05) is 28.7 Å². The lowest BCUT2D eigenvalue weighted by molar-refractivity contribution is 0.101. The fourth-order valence-electron chi connectivity index (χ4n) is 4.94. The second-order valence-electron chi connectivity index (χ2n) is 10.6. The Kier molecular flexibility index (Phi) is 7.02. The average Bonchev–Trinajstić information content (AvgIpc) is 2.87. The number of benzene rings is 3. The van der Waals surface area contributed by atoms with Crippen molar-refractivity contribution in [3.05, 3.63) is 74.9 Å². The summed E-state index contributed by atoms with van der Waals surface area (Å²) < 4.78 is 0. The van der Waals surface area contributed by atoms with Crippen LogP contribution in [0.15, 0.2) is 30.4 Å². The molecule has 208 valence electrons. The lowest BCUT2D eigenvalue weighted by Gasteiger charge is -2.29. The summed E-state index contributed by atoms with van der Waals surface area (Å²) in [5, 5.41) is 73.8. The molecule has 3 aromatic rings. The van der Waals surface area contributed by atoms with Crippen LogP contribution >= 0.6 is 0 Å². The van der Waals surface area contributed by atoms with Crippen molar-refractivity contribution in [2.24, 2.45) is 5.41 Å². The van der Waals surface area contributed by atoms with Crippen molar-refractivity contribution in [3.63, 3.8) is 0 Å². The molecule has 40 heavy (non-hydrogen) atoms. The van der Waals surface area contributed by atoms with Crippen LogP contribution in [0.4, 0.5) is 0 Å². The van der Waals surface area contributed by atoms with Crippen molar-refractivity contribution in [1.29, 1.82) is 0 Å². The van der Waals surface area contributed by atoms with E-state index in [1.807, 2.05) is 19.9 Å². The molecule has 0 heterocycles. The Morgan fingerprint density at radius 2 is 1.48 bits per heavy atom. The summed E-state index contributed by atoms with van der Waals surface area (Å²) in [6.45, 7) is 6.33. The summed E-state index contributed by atoms with van der Waals surface area (Å²) in [4.78, 5) is 25.6. The Bertz CT molecular complexity index is 1640. The molecule has 0 saturated heterocycles. The monoisotopic (exact) mass is 546 g/mol. The normalized spacial score (nSPS) is 13.9. The van der Waals surface area contributed by atoms with Gasteiger partial charge in [-0.25, -0.2) is 0 Å². The van der Waals surface area contributed by atoms with E-state index in [2.05, 4.69) is 0 Å². The van der Waals surface area contributed by atoms with Crippen LogP contribution in [-0.4, -0.2) is 47.3 Å². The highest BCUT2D eigenvalue weighted by Gasteiger charge is 2.33. The quantitative estimate of drug-likeness (QED) is 0.124. The zero-order valence-electron chi connectivity index (χ0n) is 22.4. The van der Waals surface area contributed by atoms with Gasteiger partial charge in [-0.3, -0.25) is 9.59 Å². The van der Waals surface area contributed by atoms with Gasteiger partial charge in [-0.1, -0.05) is 38.1 Å². The number of hydrogen-bond acceptors (Lipinski definition) is 9. The Labute approximate surface area is 230 Å². The highest BCUT2D eigenvalue weighted by molar-refractivity contribution is 6.11. The minimum Gasteiger partial charge on any atom is -0.507 e. The van der Waals surface area contributed by atoms with E-state index in [0.29, 0.717) is 17.5 Å². The number of carbonyl (C=O) groups excluding carboxylic acids is 2. The number of phenols is 7. The minimum atomic E-state index is -0.707. The number of Topliss-reactive ketones (excluding diaryl/α,β-unsaturated/α-hetero) is 1. The van der Waals surface area contributed by atoms with E-state index in [9.17, 15) is 45.3 Å². The van der Waals surface area contributed by atoms with Gasteiger partial charge in [0.2, 0.25) is 0 Å². The first-order valence-corrected chi connectivity index (χ1v) is 12.4. The van der Waals surface area contributed by atoms with Crippen LogP contribution in [0.3, 0.4) is 0 Å². The molecular formula is C31H30O9. The first-order valence-electron chi connectivity index (χ1n) is 12.4. The second kappa shape index (κ2) is 10.00. The number of carbonyl (C=O) groups is 2. The Hall–Kier alpha value is -4.92. The number of allylic oxidation sites excluding steroid dienone is 2. The maximum Gasteiger partial charge on any atom is 0.189 e. The first-order chi connectivity index (χ1) is 18.6. The van der Waals surface area contributed by atoms with Crippen LogP contribution < -0.4 is 0 Å². The summed E-state index contributed by atoms with van der Waals surface area (Å²) in [5.74, 6) is -4.74. The average molecular weight is 547 g/mol. The van der Waals surface area contributed by atoms with Crippen LogP contribution in [0, 0.1) is 12.3 Å². The van der Waals surface area contributed by atoms with E-state index in [-0.39, 0.29) is 45.1 Å². The number of phenolic OH excluding ortho intramolecular Hbond substituents is 7. The molecule has 0 unspecified atom stereocenters. The Morgan fingerprint density at radius 3 is 2.10 bits per heavy atom. The molecule has 0 saturated carbocycles. The van der Waals surface area contributed by atoms with Gasteiger partial charge in [0.15, 0.2) is 23.1 Å². The van der Waals surface area contributed by atoms with Crippen molar-refractivity contribution < 1.29 is 45.3 Å². The maximum absolute atomic E-state index is 13.5. The summed E-state index contributed by atoms with van der Waals surface area (Å²) in [6, 6.07) is 4.00. The first kappa shape index (κ1) is 28.1. The molecule has 0 amide bonds. The van der Waals surface area contributed by atoms with E-state index in [0.717, 1.165) is 6.92 Å². The number of rotatable bonds is 6. The van der Waals surface area contributed by atoms with Crippen LogP contribution in [0.5, 0.6) is 40.2 Å². The SMILES string of the molecule is CC(=O)c1c(O)c(C)c(O)c(Cc2c(O)c3c(c(C(=O)C=Cc4ccc(O)c(O)c4)c2O)CC(C)(C)C=C3)c1O. The van der Waals surface area contributed by atoms with Crippen molar-refractivity contribution in [2.75, 3.05) is 0 Å². The van der Waals surface area contributed by atoms with Crippen LogP contribution in [0.2, 0.25) is 0 Å². The third-order valence-corrected chi connectivity index (χ3v) is 7.16. The maximum atomic E-state index is 13.5. The minimum absolute atomic E-state index is 0.0760. The topological polar surface area (TPSA) is 176 Å². The van der Waals surface area contributed by atoms with Crippen molar-refractivity contribution in [3.8, 4) is 40.2 Å². The fourth-order valence-corrected chi connectivity index (χ4v) is 4.94. The van der Waals surface area contributed by atoms with E-state index < -0.39 is 52.0 Å². The number of aromatic hydroxyl groups is 7. The van der Waals surface area contributed by atoms with Crippen LogP contribution in [0.25, 0.3) is 12.2 Å². The molecule has 0 spiro atoms. The molecule has 0 atom stereocenters. The molecular weight excluding hydrogens is 516 g/mol. The van der Waals surface area contributed by atoms with Crippen molar-refractivity contribution in [2.45, 2.75) is 40.5 Å². The zero-order chi connectivity index (χ0) is 29.7.